The third-order valence-electron chi connectivity index (χ3n) is 1.72. The van der Waals surface area contributed by atoms with Crippen LogP contribution >= 0.6 is 0 Å². The van der Waals surface area contributed by atoms with Gasteiger partial charge >= 0.3 is 0 Å². The Morgan fingerprint density at radius 1 is 1.62 bits per heavy atom. The van der Waals surface area contributed by atoms with E-state index in [4.69, 9.17) is 4.74 Å². The molecule has 2 aliphatic rings. The van der Waals surface area contributed by atoms with Crippen molar-refractivity contribution in [2.24, 2.45) is 0 Å². The summed E-state index contributed by atoms with van der Waals surface area (Å²) in [7, 11) is 0. The predicted octanol–water partition coefficient (Wildman–Crippen LogP) is 0.562. The van der Waals surface area contributed by atoms with Gasteiger partial charge in [-0.15, -0.1) is 0 Å². The van der Waals surface area contributed by atoms with Gasteiger partial charge in [-0.05, 0) is 12.6 Å². The van der Waals surface area contributed by atoms with Crippen LogP contribution in [0.1, 0.15) is 6.42 Å². The van der Waals surface area contributed by atoms with Crippen LogP contribution in [-0.2, 0) is 4.74 Å². The lowest BCUT2D eigenvalue weighted by Gasteiger charge is -2.10. The van der Waals surface area contributed by atoms with Gasteiger partial charge in [0.2, 0.25) is 0 Å². The molecule has 0 amide bonds. The first-order chi connectivity index (χ1) is 3.97. The molecule has 0 spiro atoms. The van der Waals surface area contributed by atoms with E-state index in [0.29, 0.717) is 6.04 Å². The molecule has 1 saturated heterocycles. The first-order valence-corrected chi connectivity index (χ1v) is 2.97. The van der Waals surface area contributed by atoms with Gasteiger partial charge in [-0.25, -0.2) is 0 Å². The van der Waals surface area contributed by atoms with Crippen molar-refractivity contribution in [3.05, 3.63) is 12.3 Å². The lowest BCUT2D eigenvalue weighted by atomic mass is 10.3. The molecule has 2 heterocycles. The molecule has 1 unspecified atom stereocenters. The van der Waals surface area contributed by atoms with E-state index in [1.165, 1.54) is 6.42 Å². The highest BCUT2D eigenvalue weighted by Crippen LogP contribution is 2.18. The SMILES string of the molecule is C1=CN2COCC2C1. The van der Waals surface area contributed by atoms with Crippen LogP contribution < -0.4 is 0 Å². The van der Waals surface area contributed by atoms with Crippen molar-refractivity contribution in [1.29, 1.82) is 0 Å². The molecule has 2 heteroatoms. The molecule has 8 heavy (non-hydrogen) atoms. The minimum Gasteiger partial charge on any atom is -0.359 e. The van der Waals surface area contributed by atoms with E-state index in [1.807, 2.05) is 0 Å². The summed E-state index contributed by atoms with van der Waals surface area (Å²) in [6, 6.07) is 0.676. The molecule has 1 atom stereocenters. The molecule has 44 valence electrons. The fourth-order valence-electron chi connectivity index (χ4n) is 1.22. The van der Waals surface area contributed by atoms with E-state index < -0.39 is 0 Å². The number of nitrogens with zero attached hydrogens (tertiary/aromatic N) is 1. The predicted molar refractivity (Wildman–Crippen MR) is 30.2 cm³/mol. The lowest BCUT2D eigenvalue weighted by Crippen LogP contribution is -2.19. The Labute approximate surface area is 48.7 Å². The summed E-state index contributed by atoms with van der Waals surface area (Å²) in [4.78, 5) is 2.24. The third-order valence-corrected chi connectivity index (χ3v) is 1.72. The van der Waals surface area contributed by atoms with Gasteiger partial charge in [0.1, 0.15) is 6.73 Å². The zero-order valence-corrected chi connectivity index (χ0v) is 4.71. The summed E-state index contributed by atoms with van der Waals surface area (Å²) in [6.45, 7) is 1.73. The second-order valence-corrected chi connectivity index (χ2v) is 2.29. The van der Waals surface area contributed by atoms with Gasteiger partial charge in [0.25, 0.3) is 0 Å². The Kier molecular flexibility index (Phi) is 0.815. The normalized spacial score (nSPS) is 34.0. The van der Waals surface area contributed by atoms with E-state index in [9.17, 15) is 0 Å². The number of hydrogen-bond acceptors (Lipinski definition) is 2. The Bertz CT molecular complexity index is 122. The largest absolute Gasteiger partial charge is 0.359 e. The zero-order valence-electron chi connectivity index (χ0n) is 4.71. The van der Waals surface area contributed by atoms with E-state index >= 15 is 0 Å². The Balaban J connectivity index is 2.13. The first-order valence-electron chi connectivity index (χ1n) is 2.97. The van der Waals surface area contributed by atoms with Crippen LogP contribution in [0.4, 0.5) is 0 Å². The number of fused-ring (bicyclic) bond motifs is 1. The smallest absolute Gasteiger partial charge is 0.118 e. The minimum absolute atomic E-state index is 0.676. The van der Waals surface area contributed by atoms with Crippen molar-refractivity contribution in [3.63, 3.8) is 0 Å². The zero-order chi connectivity index (χ0) is 5.40. The van der Waals surface area contributed by atoms with E-state index in [1.54, 1.807) is 0 Å². The molecule has 0 aromatic rings. The van der Waals surface area contributed by atoms with Crippen molar-refractivity contribution >= 4 is 0 Å². The molecule has 0 bridgehead atoms. The molecule has 2 aliphatic heterocycles. The van der Waals surface area contributed by atoms with Crippen LogP contribution in [0.25, 0.3) is 0 Å². The van der Waals surface area contributed by atoms with Gasteiger partial charge in [-0.1, -0.05) is 6.08 Å². The summed E-state index contributed by atoms with van der Waals surface area (Å²) in [6.07, 6.45) is 5.50. The van der Waals surface area contributed by atoms with E-state index in [0.717, 1.165) is 13.3 Å². The van der Waals surface area contributed by atoms with Gasteiger partial charge in [0.15, 0.2) is 0 Å². The fourth-order valence-corrected chi connectivity index (χ4v) is 1.22. The molecule has 1 fully saturated rings. The maximum Gasteiger partial charge on any atom is 0.118 e. The molecule has 2 rings (SSSR count). The van der Waals surface area contributed by atoms with Crippen LogP contribution in [0.5, 0.6) is 0 Å². The van der Waals surface area contributed by atoms with Gasteiger partial charge in [-0.2, -0.15) is 0 Å². The van der Waals surface area contributed by atoms with Crippen LogP contribution in [0.15, 0.2) is 12.3 Å². The van der Waals surface area contributed by atoms with Crippen molar-refractivity contribution < 1.29 is 4.74 Å². The maximum absolute atomic E-state index is 5.19. The number of ether oxygens (including phenoxy) is 1. The average molecular weight is 111 g/mol. The van der Waals surface area contributed by atoms with Gasteiger partial charge in [-0.3, -0.25) is 0 Å². The lowest BCUT2D eigenvalue weighted by molar-refractivity contribution is 0.162. The molecular weight excluding hydrogens is 102 g/mol. The molecule has 0 aromatic carbocycles. The topological polar surface area (TPSA) is 12.5 Å². The highest BCUT2D eigenvalue weighted by atomic mass is 16.5. The number of rotatable bonds is 0. The summed E-state index contributed by atoms with van der Waals surface area (Å²) < 4.78 is 5.19. The molecular formula is C6H9NO. The molecule has 0 aromatic heterocycles. The second-order valence-electron chi connectivity index (χ2n) is 2.29. The average Bonchev–Trinajstić information content (AvgIpc) is 2.15. The van der Waals surface area contributed by atoms with Crippen LogP contribution in [0.3, 0.4) is 0 Å². The monoisotopic (exact) mass is 111 g/mol. The summed E-state index contributed by atoms with van der Waals surface area (Å²) in [5.74, 6) is 0. The maximum atomic E-state index is 5.19. The Morgan fingerprint density at radius 3 is 3.50 bits per heavy atom. The highest BCUT2D eigenvalue weighted by molar-refractivity contribution is 4.98. The van der Waals surface area contributed by atoms with Crippen molar-refractivity contribution in [2.45, 2.75) is 12.5 Å². The summed E-state index contributed by atoms with van der Waals surface area (Å²) >= 11 is 0. The van der Waals surface area contributed by atoms with Crippen LogP contribution in [0, 0.1) is 0 Å². The molecule has 0 radical (unpaired) electrons. The molecule has 0 saturated carbocycles. The quantitative estimate of drug-likeness (QED) is 0.453. The van der Waals surface area contributed by atoms with Gasteiger partial charge in [0, 0.05) is 0 Å². The van der Waals surface area contributed by atoms with E-state index in [-0.39, 0.29) is 0 Å². The molecule has 0 aliphatic carbocycles. The number of hydrogen-bond donors (Lipinski definition) is 0. The van der Waals surface area contributed by atoms with Crippen LogP contribution in [-0.4, -0.2) is 24.3 Å². The van der Waals surface area contributed by atoms with E-state index in [2.05, 4.69) is 17.2 Å². The second kappa shape index (κ2) is 1.49. The fraction of sp³-hybridized carbons (Fsp3) is 0.667. The van der Waals surface area contributed by atoms with Crippen LogP contribution in [0.2, 0.25) is 0 Å². The standard InChI is InChI=1S/C6H9NO/c1-2-6-4-8-5-7(6)3-1/h1,3,6H,2,4-5H2. The summed E-state index contributed by atoms with van der Waals surface area (Å²) in [5, 5.41) is 0. The molecule has 0 N–H and O–H groups in total. The summed E-state index contributed by atoms with van der Waals surface area (Å²) in [5.41, 5.74) is 0. The highest BCUT2D eigenvalue weighted by Gasteiger charge is 2.24. The van der Waals surface area contributed by atoms with Gasteiger partial charge in [0.05, 0.1) is 12.6 Å². The Hall–Kier alpha value is -0.500. The molecule has 2 nitrogen and oxygen atoms in total. The van der Waals surface area contributed by atoms with Crippen molar-refractivity contribution in [1.82, 2.24) is 4.90 Å². The Morgan fingerprint density at radius 2 is 2.62 bits per heavy atom. The van der Waals surface area contributed by atoms with Gasteiger partial charge < -0.3 is 9.64 Å². The van der Waals surface area contributed by atoms with Crippen molar-refractivity contribution in [2.75, 3.05) is 13.3 Å². The van der Waals surface area contributed by atoms with Crippen molar-refractivity contribution in [3.8, 4) is 0 Å². The third kappa shape index (κ3) is 0.464. The first kappa shape index (κ1) is 4.39. The minimum atomic E-state index is 0.676.